The Balaban J connectivity index is 1.89. The van der Waals surface area contributed by atoms with Crippen LogP contribution in [-0.2, 0) is 0 Å². The molecular weight excluding hydrogens is 329 g/mol. The first-order valence-electron chi connectivity index (χ1n) is 7.03. The molecule has 0 heterocycles. The van der Waals surface area contributed by atoms with Gasteiger partial charge in [0.15, 0.2) is 5.75 Å². The largest absolute Gasteiger partial charge is 0.453 e. The van der Waals surface area contributed by atoms with Crippen molar-refractivity contribution in [2.75, 3.05) is 0 Å². The molecule has 0 atom stereocenters. The Hall–Kier alpha value is -2.29. The van der Waals surface area contributed by atoms with Crippen LogP contribution in [0.2, 0.25) is 10.0 Å². The van der Waals surface area contributed by atoms with Crippen molar-refractivity contribution in [1.82, 2.24) is 0 Å². The highest BCUT2D eigenvalue weighted by molar-refractivity contribution is 6.34. The summed E-state index contributed by atoms with van der Waals surface area (Å²) in [5.74, 6) is 1.12. The van der Waals surface area contributed by atoms with Crippen molar-refractivity contribution in [2.45, 2.75) is 0 Å². The van der Waals surface area contributed by atoms with E-state index in [1.165, 1.54) is 0 Å². The van der Waals surface area contributed by atoms with Gasteiger partial charge in [-0.15, -0.1) is 0 Å². The molecular formula is C19H13Cl2NO. The lowest BCUT2D eigenvalue weighted by atomic mass is 10.2. The van der Waals surface area contributed by atoms with Crippen LogP contribution in [0, 0.1) is 0 Å². The SMILES string of the molecule is Clc1ccc(Cl)c(Oc2ccccc2N=Cc2ccccc2)c1. The van der Waals surface area contributed by atoms with E-state index in [2.05, 4.69) is 4.99 Å². The van der Waals surface area contributed by atoms with Gasteiger partial charge < -0.3 is 4.74 Å². The molecule has 4 heteroatoms. The van der Waals surface area contributed by atoms with Crippen LogP contribution < -0.4 is 4.74 Å². The molecule has 0 N–H and O–H groups in total. The zero-order valence-corrected chi connectivity index (χ0v) is 13.6. The first-order chi connectivity index (χ1) is 11.2. The van der Waals surface area contributed by atoms with E-state index in [0.29, 0.717) is 27.2 Å². The number of nitrogens with zero attached hydrogens (tertiary/aromatic N) is 1. The van der Waals surface area contributed by atoms with Crippen molar-refractivity contribution in [3.63, 3.8) is 0 Å². The van der Waals surface area contributed by atoms with Crippen molar-refractivity contribution >= 4 is 35.1 Å². The molecule has 0 aliphatic heterocycles. The van der Waals surface area contributed by atoms with Gasteiger partial charge in [-0.1, -0.05) is 65.7 Å². The number of ether oxygens (including phenoxy) is 1. The Morgan fingerprint density at radius 3 is 2.35 bits per heavy atom. The first-order valence-corrected chi connectivity index (χ1v) is 7.79. The van der Waals surface area contributed by atoms with Gasteiger partial charge in [-0.05, 0) is 29.8 Å². The van der Waals surface area contributed by atoms with Gasteiger partial charge in [0.05, 0.1) is 5.02 Å². The predicted molar refractivity (Wildman–Crippen MR) is 96.7 cm³/mol. The van der Waals surface area contributed by atoms with Crippen molar-refractivity contribution in [1.29, 1.82) is 0 Å². The normalized spacial score (nSPS) is 10.9. The average molecular weight is 342 g/mol. The quantitative estimate of drug-likeness (QED) is 0.494. The zero-order chi connectivity index (χ0) is 16.1. The molecule has 3 rings (SSSR count). The molecule has 0 aromatic heterocycles. The maximum Gasteiger partial charge on any atom is 0.153 e. The molecule has 0 saturated carbocycles. The lowest BCUT2D eigenvalue weighted by Gasteiger charge is -2.10. The molecule has 0 unspecified atom stereocenters. The Morgan fingerprint density at radius 2 is 1.52 bits per heavy atom. The summed E-state index contributed by atoms with van der Waals surface area (Å²) < 4.78 is 5.88. The van der Waals surface area contributed by atoms with E-state index in [9.17, 15) is 0 Å². The van der Waals surface area contributed by atoms with Crippen LogP contribution in [0.15, 0.2) is 77.8 Å². The fourth-order valence-electron chi connectivity index (χ4n) is 2.01. The highest BCUT2D eigenvalue weighted by atomic mass is 35.5. The minimum absolute atomic E-state index is 0.497. The monoisotopic (exact) mass is 341 g/mol. The van der Waals surface area contributed by atoms with Gasteiger partial charge in [0, 0.05) is 17.3 Å². The number of para-hydroxylation sites is 2. The lowest BCUT2D eigenvalue weighted by molar-refractivity contribution is 0.484. The fourth-order valence-corrected chi connectivity index (χ4v) is 2.33. The third kappa shape index (κ3) is 4.13. The van der Waals surface area contributed by atoms with E-state index in [1.807, 2.05) is 54.6 Å². The first kappa shape index (κ1) is 15.6. The summed E-state index contributed by atoms with van der Waals surface area (Å²) in [4.78, 5) is 4.50. The third-order valence-electron chi connectivity index (χ3n) is 3.13. The van der Waals surface area contributed by atoms with Crippen LogP contribution in [-0.4, -0.2) is 6.21 Å². The molecule has 0 bridgehead atoms. The second-order valence-electron chi connectivity index (χ2n) is 4.81. The topological polar surface area (TPSA) is 21.6 Å². The van der Waals surface area contributed by atoms with E-state index in [1.54, 1.807) is 24.4 Å². The molecule has 23 heavy (non-hydrogen) atoms. The number of hydrogen-bond acceptors (Lipinski definition) is 2. The van der Waals surface area contributed by atoms with Crippen LogP contribution in [0.4, 0.5) is 5.69 Å². The lowest BCUT2D eigenvalue weighted by Crippen LogP contribution is -1.87. The van der Waals surface area contributed by atoms with Crippen LogP contribution >= 0.6 is 23.2 Å². The Bertz CT molecular complexity index is 832. The molecule has 114 valence electrons. The van der Waals surface area contributed by atoms with Gasteiger partial charge in [0.25, 0.3) is 0 Å². The van der Waals surface area contributed by atoms with E-state index in [0.717, 1.165) is 5.56 Å². The summed E-state index contributed by atoms with van der Waals surface area (Å²) in [6, 6.07) is 22.5. The van der Waals surface area contributed by atoms with Crippen LogP contribution in [0.5, 0.6) is 11.5 Å². The molecule has 0 aliphatic rings. The average Bonchev–Trinajstić information content (AvgIpc) is 2.58. The molecule has 0 radical (unpaired) electrons. The smallest absolute Gasteiger partial charge is 0.153 e. The van der Waals surface area contributed by atoms with Gasteiger partial charge in [-0.3, -0.25) is 4.99 Å². The highest BCUT2D eigenvalue weighted by Crippen LogP contribution is 2.36. The second kappa shape index (κ2) is 7.32. The molecule has 0 aliphatic carbocycles. The van der Waals surface area contributed by atoms with Crippen molar-refractivity contribution < 1.29 is 4.74 Å². The molecule has 0 spiro atoms. The molecule has 0 saturated heterocycles. The van der Waals surface area contributed by atoms with Gasteiger partial charge in [-0.25, -0.2) is 0 Å². The Kier molecular flexibility index (Phi) is 4.96. The van der Waals surface area contributed by atoms with E-state index < -0.39 is 0 Å². The summed E-state index contributed by atoms with van der Waals surface area (Å²) in [7, 11) is 0. The summed E-state index contributed by atoms with van der Waals surface area (Å²) in [5, 5.41) is 1.06. The van der Waals surface area contributed by atoms with Crippen LogP contribution in [0.1, 0.15) is 5.56 Å². The summed E-state index contributed by atoms with van der Waals surface area (Å²) in [5.41, 5.74) is 1.73. The van der Waals surface area contributed by atoms with Gasteiger partial charge in [-0.2, -0.15) is 0 Å². The number of benzene rings is 3. The van der Waals surface area contributed by atoms with Gasteiger partial charge in [0.2, 0.25) is 0 Å². The maximum atomic E-state index is 6.15. The van der Waals surface area contributed by atoms with E-state index >= 15 is 0 Å². The molecule has 0 fully saturated rings. The minimum Gasteiger partial charge on any atom is -0.453 e. The number of aliphatic imine (C=N–C) groups is 1. The number of rotatable bonds is 4. The summed E-state index contributed by atoms with van der Waals surface area (Å²) in [6.45, 7) is 0. The highest BCUT2D eigenvalue weighted by Gasteiger charge is 2.07. The second-order valence-corrected chi connectivity index (χ2v) is 5.66. The zero-order valence-electron chi connectivity index (χ0n) is 12.1. The van der Waals surface area contributed by atoms with Gasteiger partial charge in [0.1, 0.15) is 11.4 Å². The van der Waals surface area contributed by atoms with Crippen LogP contribution in [0.3, 0.4) is 0 Å². The number of halogens is 2. The molecule has 2 nitrogen and oxygen atoms in total. The maximum absolute atomic E-state index is 6.15. The van der Waals surface area contributed by atoms with Crippen molar-refractivity contribution in [3.8, 4) is 11.5 Å². The van der Waals surface area contributed by atoms with E-state index in [-0.39, 0.29) is 0 Å². The van der Waals surface area contributed by atoms with Gasteiger partial charge >= 0.3 is 0 Å². The third-order valence-corrected chi connectivity index (χ3v) is 3.68. The Labute approximate surface area is 145 Å². The standard InChI is InChI=1S/C19H13Cl2NO/c20-15-10-11-16(21)19(12-15)23-18-9-5-4-8-17(18)22-13-14-6-2-1-3-7-14/h1-13H. The fraction of sp³-hybridized carbons (Fsp3) is 0. The molecule has 3 aromatic rings. The molecule has 0 amide bonds. The minimum atomic E-state index is 0.497. The summed E-state index contributed by atoms with van der Waals surface area (Å²) >= 11 is 12.1. The molecule has 3 aromatic carbocycles. The predicted octanol–water partition coefficient (Wildman–Crippen LogP) is 6.54. The Morgan fingerprint density at radius 1 is 0.783 bits per heavy atom. The summed E-state index contributed by atoms with van der Waals surface area (Å²) in [6.07, 6.45) is 1.79. The van der Waals surface area contributed by atoms with Crippen LogP contribution in [0.25, 0.3) is 0 Å². The van der Waals surface area contributed by atoms with Crippen molar-refractivity contribution in [3.05, 3.63) is 88.4 Å². The van der Waals surface area contributed by atoms with Crippen molar-refractivity contribution in [2.24, 2.45) is 4.99 Å². The van der Waals surface area contributed by atoms with E-state index in [4.69, 9.17) is 27.9 Å². The number of hydrogen-bond donors (Lipinski definition) is 0.